The number of hydrogen-bond acceptors (Lipinski definition) is 5. The van der Waals surface area contributed by atoms with Crippen molar-refractivity contribution in [1.29, 1.82) is 0 Å². The van der Waals surface area contributed by atoms with Crippen LogP contribution >= 0.6 is 12.4 Å². The van der Waals surface area contributed by atoms with Gasteiger partial charge in [0.2, 0.25) is 0 Å². The van der Waals surface area contributed by atoms with Crippen LogP contribution in [0, 0.1) is 5.92 Å². The Balaban J connectivity index is 0.00000182. The molecule has 2 unspecified atom stereocenters. The maximum Gasteiger partial charge on any atom is 0.251 e. The van der Waals surface area contributed by atoms with Crippen LogP contribution in [0.5, 0.6) is 0 Å². The van der Waals surface area contributed by atoms with Crippen molar-refractivity contribution in [1.82, 2.24) is 25.8 Å². The van der Waals surface area contributed by atoms with Crippen molar-refractivity contribution in [3.05, 3.63) is 35.7 Å². The highest BCUT2D eigenvalue weighted by molar-refractivity contribution is 5.94. The molecule has 2 aliphatic rings. The third kappa shape index (κ3) is 4.00. The highest BCUT2D eigenvalue weighted by Gasteiger charge is 2.27. The van der Waals surface area contributed by atoms with Crippen molar-refractivity contribution in [2.45, 2.75) is 24.9 Å². The van der Waals surface area contributed by atoms with Crippen LogP contribution in [0.25, 0.3) is 11.4 Å². The van der Waals surface area contributed by atoms with Gasteiger partial charge in [0.05, 0.1) is 6.10 Å². The number of aliphatic hydroxyl groups is 1. The minimum absolute atomic E-state index is 0. The number of nitrogens with zero attached hydrogens (tertiary/aromatic N) is 2. The summed E-state index contributed by atoms with van der Waals surface area (Å²) in [7, 11) is 0. The van der Waals surface area contributed by atoms with Crippen molar-refractivity contribution >= 4 is 18.3 Å². The highest BCUT2D eigenvalue weighted by Crippen LogP contribution is 2.38. The summed E-state index contributed by atoms with van der Waals surface area (Å²) in [6.07, 6.45) is 1.97. The fourth-order valence-corrected chi connectivity index (χ4v) is 2.97. The van der Waals surface area contributed by atoms with Gasteiger partial charge < -0.3 is 15.7 Å². The van der Waals surface area contributed by atoms with Gasteiger partial charge in [0.1, 0.15) is 5.82 Å². The Kier molecular flexibility index (Phi) is 5.36. The van der Waals surface area contributed by atoms with Crippen LogP contribution < -0.4 is 10.6 Å². The summed E-state index contributed by atoms with van der Waals surface area (Å²) in [6, 6.07) is 7.28. The molecule has 0 spiro atoms. The molecule has 1 aliphatic heterocycles. The molecule has 2 atom stereocenters. The number of benzene rings is 1. The molecule has 1 amide bonds. The van der Waals surface area contributed by atoms with E-state index < -0.39 is 0 Å². The zero-order chi connectivity index (χ0) is 16.5. The van der Waals surface area contributed by atoms with Gasteiger partial charge in [0.25, 0.3) is 5.91 Å². The van der Waals surface area contributed by atoms with Gasteiger partial charge in [-0.3, -0.25) is 9.89 Å². The van der Waals surface area contributed by atoms with Gasteiger partial charge in [-0.2, -0.15) is 5.10 Å². The smallest absolute Gasteiger partial charge is 0.251 e. The highest BCUT2D eigenvalue weighted by atomic mass is 35.5. The summed E-state index contributed by atoms with van der Waals surface area (Å²) in [5.74, 6) is 2.10. The third-order valence-corrected chi connectivity index (χ3v) is 4.70. The molecule has 0 radical (unpaired) electrons. The van der Waals surface area contributed by atoms with Crippen molar-refractivity contribution in [3.8, 4) is 11.4 Å². The molecule has 25 heavy (non-hydrogen) atoms. The SMILES string of the molecule is Cl.O=C(NCC1CNCC1O)c1ccc(-c2n[nH]c(C3CC3)n2)cc1. The quantitative estimate of drug-likeness (QED) is 0.636. The predicted molar refractivity (Wildman–Crippen MR) is 95.7 cm³/mol. The maximum absolute atomic E-state index is 12.2. The zero-order valence-corrected chi connectivity index (χ0v) is 14.6. The molecule has 2 aromatic rings. The minimum Gasteiger partial charge on any atom is -0.391 e. The summed E-state index contributed by atoms with van der Waals surface area (Å²) in [5.41, 5.74) is 1.49. The number of halogens is 1. The first-order valence-electron chi connectivity index (χ1n) is 8.40. The summed E-state index contributed by atoms with van der Waals surface area (Å²) >= 11 is 0. The van der Waals surface area contributed by atoms with Gasteiger partial charge in [-0.05, 0) is 25.0 Å². The van der Waals surface area contributed by atoms with Gasteiger partial charge in [0, 0.05) is 42.6 Å². The number of aromatic amines is 1. The molecule has 1 aliphatic carbocycles. The lowest BCUT2D eigenvalue weighted by atomic mass is 10.1. The van der Waals surface area contributed by atoms with Gasteiger partial charge in [-0.15, -0.1) is 12.4 Å². The summed E-state index contributed by atoms with van der Waals surface area (Å²) in [6.45, 7) is 1.80. The van der Waals surface area contributed by atoms with E-state index in [-0.39, 0.29) is 30.3 Å². The van der Waals surface area contributed by atoms with Crippen LogP contribution in [-0.2, 0) is 0 Å². The summed E-state index contributed by atoms with van der Waals surface area (Å²) < 4.78 is 0. The number of aromatic nitrogens is 3. The topological polar surface area (TPSA) is 103 Å². The van der Waals surface area contributed by atoms with E-state index in [1.807, 2.05) is 12.1 Å². The molecule has 4 rings (SSSR count). The largest absolute Gasteiger partial charge is 0.391 e. The molecule has 1 saturated carbocycles. The fourth-order valence-electron chi connectivity index (χ4n) is 2.97. The average Bonchev–Trinajstić information content (AvgIpc) is 3.19. The van der Waals surface area contributed by atoms with E-state index in [4.69, 9.17) is 0 Å². The number of H-pyrrole nitrogens is 1. The number of carbonyl (C=O) groups is 1. The Morgan fingerprint density at radius 2 is 2.00 bits per heavy atom. The van der Waals surface area contributed by atoms with E-state index >= 15 is 0 Å². The van der Waals surface area contributed by atoms with E-state index in [1.54, 1.807) is 12.1 Å². The van der Waals surface area contributed by atoms with Crippen LogP contribution in [0.1, 0.15) is 34.9 Å². The van der Waals surface area contributed by atoms with Gasteiger partial charge in [0.15, 0.2) is 5.82 Å². The zero-order valence-electron chi connectivity index (χ0n) is 13.7. The van der Waals surface area contributed by atoms with E-state index in [9.17, 15) is 9.90 Å². The van der Waals surface area contributed by atoms with E-state index in [0.717, 1.165) is 17.9 Å². The van der Waals surface area contributed by atoms with Crippen LogP contribution in [0.2, 0.25) is 0 Å². The lowest BCUT2D eigenvalue weighted by molar-refractivity contribution is 0.0927. The number of aliphatic hydroxyl groups excluding tert-OH is 1. The Hall–Kier alpha value is -1.96. The molecule has 134 valence electrons. The second kappa shape index (κ2) is 7.51. The molecular formula is C17H22ClN5O2. The van der Waals surface area contributed by atoms with Gasteiger partial charge in [-0.1, -0.05) is 12.1 Å². The summed E-state index contributed by atoms with van der Waals surface area (Å²) in [4.78, 5) is 16.7. The van der Waals surface area contributed by atoms with Crippen molar-refractivity contribution < 1.29 is 9.90 Å². The molecule has 4 N–H and O–H groups in total. The molecule has 2 heterocycles. The van der Waals surface area contributed by atoms with E-state index in [1.165, 1.54) is 12.8 Å². The third-order valence-electron chi connectivity index (χ3n) is 4.70. The minimum atomic E-state index is -0.390. The monoisotopic (exact) mass is 363 g/mol. The van der Waals surface area contributed by atoms with E-state index in [2.05, 4.69) is 25.8 Å². The van der Waals surface area contributed by atoms with Crippen LogP contribution in [0.3, 0.4) is 0 Å². The van der Waals surface area contributed by atoms with Crippen LogP contribution in [-0.4, -0.2) is 51.9 Å². The van der Waals surface area contributed by atoms with Crippen LogP contribution in [0.15, 0.2) is 24.3 Å². The first-order chi connectivity index (χ1) is 11.7. The molecular weight excluding hydrogens is 342 g/mol. The first kappa shape index (κ1) is 17.8. The molecule has 7 nitrogen and oxygen atoms in total. The number of nitrogens with one attached hydrogen (secondary N) is 3. The summed E-state index contributed by atoms with van der Waals surface area (Å²) in [5, 5.41) is 23.0. The lowest BCUT2D eigenvalue weighted by Crippen LogP contribution is -2.34. The second-order valence-electron chi connectivity index (χ2n) is 6.59. The van der Waals surface area contributed by atoms with Gasteiger partial charge >= 0.3 is 0 Å². The van der Waals surface area contributed by atoms with Crippen molar-refractivity contribution in [2.24, 2.45) is 5.92 Å². The maximum atomic E-state index is 12.2. The number of rotatable bonds is 5. The lowest BCUT2D eigenvalue weighted by Gasteiger charge is -2.14. The molecule has 0 bridgehead atoms. The fraction of sp³-hybridized carbons (Fsp3) is 0.471. The van der Waals surface area contributed by atoms with Crippen LogP contribution in [0.4, 0.5) is 0 Å². The Morgan fingerprint density at radius 1 is 1.24 bits per heavy atom. The first-order valence-corrected chi connectivity index (χ1v) is 8.40. The van der Waals surface area contributed by atoms with Gasteiger partial charge in [-0.25, -0.2) is 4.98 Å². The number of amides is 1. The Bertz CT molecular complexity index is 729. The number of β-amino-alcohol motifs (C(OH)–C–C–N with tert-alkyl or cyclic N) is 1. The molecule has 1 aromatic heterocycles. The normalized spacial score (nSPS) is 22.4. The molecule has 1 aromatic carbocycles. The Morgan fingerprint density at radius 3 is 2.64 bits per heavy atom. The Labute approximate surface area is 152 Å². The average molecular weight is 364 g/mol. The van der Waals surface area contributed by atoms with Crippen molar-refractivity contribution in [2.75, 3.05) is 19.6 Å². The number of carbonyl (C=O) groups excluding carboxylic acids is 1. The predicted octanol–water partition coefficient (Wildman–Crippen LogP) is 1.08. The second-order valence-corrected chi connectivity index (χ2v) is 6.59. The molecule has 1 saturated heterocycles. The molecule has 2 fully saturated rings. The van der Waals surface area contributed by atoms with E-state index in [0.29, 0.717) is 30.4 Å². The number of hydrogen-bond donors (Lipinski definition) is 4. The standard InChI is InChI=1S/C17H21N5O2.ClH/c23-14-9-18-7-13(14)8-19-17(24)12-5-3-11(4-6-12)16-20-15(21-22-16)10-1-2-10;/h3-6,10,13-14,18,23H,1-2,7-9H2,(H,19,24)(H,20,21,22);1H. The van der Waals surface area contributed by atoms with Crippen molar-refractivity contribution in [3.63, 3.8) is 0 Å². The molecule has 8 heteroatoms.